The van der Waals surface area contributed by atoms with Gasteiger partial charge < -0.3 is 9.47 Å². The first-order valence-electron chi connectivity index (χ1n) is 20.6. The molecule has 0 saturated heterocycles. The van der Waals surface area contributed by atoms with Crippen molar-refractivity contribution in [3.8, 4) is 50.2 Å². The molecule has 2 heteroatoms. The standard InChI is InChI=1S/C58H40N2/c1-4-17-41(18-5-1)45-25-14-27-50(37-45)59(51-28-15-26-46(38-51)42-19-6-2-7-20-42)49-35-33-43(34-36-49)52-30-16-32-56(58(52)44-21-8-3-9-22-44)60-55-31-13-12-29-53(55)54-39-47-23-10-11-24-48(47)40-57(54)60/h1-40H. The molecule has 0 amide bonds. The topological polar surface area (TPSA) is 8.17 Å². The highest BCUT2D eigenvalue weighted by Crippen LogP contribution is 2.44. The van der Waals surface area contributed by atoms with Crippen LogP contribution >= 0.6 is 0 Å². The molecule has 0 atom stereocenters. The minimum atomic E-state index is 1.08. The van der Waals surface area contributed by atoms with Gasteiger partial charge in [-0.25, -0.2) is 0 Å². The van der Waals surface area contributed by atoms with Crippen molar-refractivity contribution in [2.24, 2.45) is 0 Å². The van der Waals surface area contributed by atoms with E-state index < -0.39 is 0 Å². The minimum Gasteiger partial charge on any atom is -0.310 e. The lowest BCUT2D eigenvalue weighted by Gasteiger charge is -2.27. The van der Waals surface area contributed by atoms with Crippen molar-refractivity contribution in [1.29, 1.82) is 0 Å². The zero-order chi connectivity index (χ0) is 39.8. The average Bonchev–Trinajstić information content (AvgIpc) is 3.64. The molecule has 1 aromatic heterocycles. The molecule has 0 aliphatic heterocycles. The highest BCUT2D eigenvalue weighted by atomic mass is 15.1. The summed E-state index contributed by atoms with van der Waals surface area (Å²) in [5, 5.41) is 4.98. The van der Waals surface area contributed by atoms with Crippen LogP contribution in [0.5, 0.6) is 0 Å². The van der Waals surface area contributed by atoms with Crippen LogP contribution in [0, 0.1) is 0 Å². The Morgan fingerprint density at radius 1 is 0.283 bits per heavy atom. The van der Waals surface area contributed by atoms with Crippen molar-refractivity contribution >= 4 is 49.6 Å². The van der Waals surface area contributed by atoms with Crippen LogP contribution in [0.15, 0.2) is 243 Å². The van der Waals surface area contributed by atoms with Gasteiger partial charge in [-0.05, 0) is 110 Å². The van der Waals surface area contributed by atoms with Crippen LogP contribution in [0.3, 0.4) is 0 Å². The summed E-state index contributed by atoms with van der Waals surface area (Å²) in [4.78, 5) is 2.37. The maximum Gasteiger partial charge on any atom is 0.0547 e. The Labute approximate surface area is 350 Å². The molecular formula is C58H40N2. The van der Waals surface area contributed by atoms with E-state index in [1.54, 1.807) is 0 Å². The molecule has 10 aromatic carbocycles. The molecular weight excluding hydrogens is 725 g/mol. The van der Waals surface area contributed by atoms with Gasteiger partial charge in [0.1, 0.15) is 0 Å². The fourth-order valence-electron chi connectivity index (χ4n) is 8.94. The number of anilines is 3. The number of para-hydroxylation sites is 1. The van der Waals surface area contributed by atoms with Gasteiger partial charge in [-0.1, -0.05) is 182 Å². The SMILES string of the molecule is c1ccc(-c2cccc(N(c3ccc(-c4cccc(-n5c6ccccc6c6cc7ccccc7cc65)c4-c4ccccc4)cc3)c3cccc(-c4ccccc4)c3)c2)cc1. The molecule has 0 radical (unpaired) electrons. The van der Waals surface area contributed by atoms with Crippen LogP contribution in [0.4, 0.5) is 17.1 Å². The Kier molecular flexibility index (Phi) is 8.87. The van der Waals surface area contributed by atoms with Gasteiger partial charge in [0.2, 0.25) is 0 Å². The van der Waals surface area contributed by atoms with Crippen molar-refractivity contribution in [1.82, 2.24) is 4.57 Å². The number of hydrogen-bond donors (Lipinski definition) is 0. The first-order chi connectivity index (χ1) is 29.8. The van der Waals surface area contributed by atoms with E-state index in [-0.39, 0.29) is 0 Å². The zero-order valence-corrected chi connectivity index (χ0v) is 33.0. The van der Waals surface area contributed by atoms with Gasteiger partial charge in [0.25, 0.3) is 0 Å². The molecule has 0 aliphatic rings. The highest BCUT2D eigenvalue weighted by Gasteiger charge is 2.20. The third-order valence-corrected chi connectivity index (χ3v) is 11.7. The molecule has 0 N–H and O–H groups in total. The summed E-state index contributed by atoms with van der Waals surface area (Å²) < 4.78 is 2.47. The maximum atomic E-state index is 2.47. The van der Waals surface area contributed by atoms with Crippen LogP contribution in [0.2, 0.25) is 0 Å². The largest absolute Gasteiger partial charge is 0.310 e. The van der Waals surface area contributed by atoms with Gasteiger partial charge in [-0.2, -0.15) is 0 Å². The van der Waals surface area contributed by atoms with Crippen LogP contribution in [0.1, 0.15) is 0 Å². The number of benzene rings is 10. The lowest BCUT2D eigenvalue weighted by Crippen LogP contribution is -2.10. The second-order valence-corrected chi connectivity index (χ2v) is 15.3. The van der Waals surface area contributed by atoms with E-state index in [9.17, 15) is 0 Å². The Balaban J connectivity index is 1.08. The maximum absolute atomic E-state index is 2.47. The van der Waals surface area contributed by atoms with E-state index in [1.165, 1.54) is 71.5 Å². The van der Waals surface area contributed by atoms with Crippen molar-refractivity contribution in [3.63, 3.8) is 0 Å². The Morgan fingerprint density at radius 2 is 0.800 bits per heavy atom. The summed E-state index contributed by atoms with van der Waals surface area (Å²) in [6.07, 6.45) is 0. The second kappa shape index (κ2) is 15.1. The molecule has 0 bridgehead atoms. The fraction of sp³-hybridized carbons (Fsp3) is 0. The van der Waals surface area contributed by atoms with Gasteiger partial charge in [0, 0.05) is 33.4 Å². The predicted octanol–water partition coefficient (Wildman–Crippen LogP) is 16.1. The summed E-state index contributed by atoms with van der Waals surface area (Å²) in [5.74, 6) is 0. The monoisotopic (exact) mass is 764 g/mol. The highest BCUT2D eigenvalue weighted by molar-refractivity contribution is 6.14. The van der Waals surface area contributed by atoms with E-state index in [2.05, 4.69) is 252 Å². The summed E-state index contributed by atoms with van der Waals surface area (Å²) >= 11 is 0. The number of nitrogens with zero attached hydrogens (tertiary/aromatic N) is 2. The normalized spacial score (nSPS) is 11.3. The molecule has 0 unspecified atom stereocenters. The predicted molar refractivity (Wildman–Crippen MR) is 255 cm³/mol. The molecule has 1 heterocycles. The summed E-state index contributed by atoms with van der Waals surface area (Å²) in [6.45, 7) is 0. The van der Waals surface area contributed by atoms with Crippen molar-refractivity contribution in [2.45, 2.75) is 0 Å². The number of rotatable bonds is 8. The zero-order valence-electron chi connectivity index (χ0n) is 33.0. The first-order valence-corrected chi connectivity index (χ1v) is 20.6. The molecule has 11 aromatic rings. The fourth-order valence-corrected chi connectivity index (χ4v) is 8.94. The summed E-state index contributed by atoms with van der Waals surface area (Å²) in [5.41, 5.74) is 16.3. The Bertz CT molecular complexity index is 3210. The van der Waals surface area contributed by atoms with E-state index >= 15 is 0 Å². The smallest absolute Gasteiger partial charge is 0.0547 e. The van der Waals surface area contributed by atoms with Crippen LogP contribution in [-0.4, -0.2) is 4.57 Å². The van der Waals surface area contributed by atoms with Gasteiger partial charge in [-0.15, -0.1) is 0 Å². The van der Waals surface area contributed by atoms with Crippen LogP contribution in [-0.2, 0) is 0 Å². The average molecular weight is 765 g/mol. The van der Waals surface area contributed by atoms with Gasteiger partial charge in [0.05, 0.1) is 16.7 Å². The molecule has 2 nitrogen and oxygen atoms in total. The van der Waals surface area contributed by atoms with Crippen molar-refractivity contribution < 1.29 is 0 Å². The van der Waals surface area contributed by atoms with Crippen molar-refractivity contribution in [3.05, 3.63) is 243 Å². The number of aromatic nitrogens is 1. The van der Waals surface area contributed by atoms with Crippen LogP contribution in [0.25, 0.3) is 82.8 Å². The number of hydrogen-bond acceptors (Lipinski definition) is 1. The Hall–Kier alpha value is -7.94. The van der Waals surface area contributed by atoms with Gasteiger partial charge in [-0.3, -0.25) is 0 Å². The van der Waals surface area contributed by atoms with Gasteiger partial charge >= 0.3 is 0 Å². The molecule has 0 saturated carbocycles. The molecule has 60 heavy (non-hydrogen) atoms. The Morgan fingerprint density at radius 3 is 1.43 bits per heavy atom. The van der Waals surface area contributed by atoms with E-state index in [1.807, 2.05) is 0 Å². The third-order valence-electron chi connectivity index (χ3n) is 11.7. The summed E-state index contributed by atoms with van der Waals surface area (Å²) in [7, 11) is 0. The van der Waals surface area contributed by atoms with Gasteiger partial charge in [0.15, 0.2) is 0 Å². The molecule has 282 valence electrons. The van der Waals surface area contributed by atoms with E-state index in [4.69, 9.17) is 0 Å². The lowest BCUT2D eigenvalue weighted by atomic mass is 9.92. The second-order valence-electron chi connectivity index (χ2n) is 15.3. The molecule has 11 rings (SSSR count). The van der Waals surface area contributed by atoms with E-state index in [0.29, 0.717) is 0 Å². The third kappa shape index (κ3) is 6.32. The molecule has 0 spiro atoms. The van der Waals surface area contributed by atoms with E-state index in [0.717, 1.165) is 28.3 Å². The quantitative estimate of drug-likeness (QED) is 0.150. The van der Waals surface area contributed by atoms with Crippen molar-refractivity contribution in [2.75, 3.05) is 4.90 Å². The lowest BCUT2D eigenvalue weighted by molar-refractivity contribution is 1.18. The molecule has 0 fully saturated rings. The molecule has 0 aliphatic carbocycles. The minimum absolute atomic E-state index is 1.08. The summed E-state index contributed by atoms with van der Waals surface area (Å²) in [6, 6.07) is 87.9. The first kappa shape index (κ1) is 35.2. The number of fused-ring (bicyclic) bond motifs is 4. The van der Waals surface area contributed by atoms with Crippen LogP contribution < -0.4 is 4.90 Å².